The second-order valence-corrected chi connectivity index (χ2v) is 5.73. The Morgan fingerprint density at radius 3 is 2.70 bits per heavy atom. The summed E-state index contributed by atoms with van der Waals surface area (Å²) in [5, 5.41) is 4.34. The van der Waals surface area contributed by atoms with Gasteiger partial charge >= 0.3 is 0 Å². The van der Waals surface area contributed by atoms with Gasteiger partial charge < -0.3 is 16.4 Å². The van der Waals surface area contributed by atoms with Gasteiger partial charge in [0, 0.05) is 20.1 Å². The molecule has 0 aliphatic heterocycles. The molecule has 1 aromatic rings. The van der Waals surface area contributed by atoms with Crippen LogP contribution in [0.2, 0.25) is 0 Å². The first-order valence-corrected chi connectivity index (χ1v) is 7.23. The van der Waals surface area contributed by atoms with Crippen LogP contribution < -0.4 is 16.4 Å². The molecule has 6 heteroatoms. The number of carbonyl (C=O) groups is 1. The predicted molar refractivity (Wildman–Crippen MR) is 79.7 cm³/mol. The maximum atomic E-state index is 11.7. The lowest BCUT2D eigenvalue weighted by molar-refractivity contribution is 0.1000. The van der Waals surface area contributed by atoms with E-state index in [1.165, 1.54) is 12.8 Å². The van der Waals surface area contributed by atoms with Crippen LogP contribution in [0.15, 0.2) is 0 Å². The standard InChI is InChI=1S/C14H25N5O/c1-9-12(13(16)20)14(19(3)17-9)18(2)11-7-5-4-6-10(11)8-15/h10-11H,4-8,15H2,1-3H3,(H2,16,20). The number of anilines is 1. The van der Waals surface area contributed by atoms with Crippen molar-refractivity contribution in [1.82, 2.24) is 9.78 Å². The number of rotatable bonds is 4. The zero-order valence-electron chi connectivity index (χ0n) is 12.6. The van der Waals surface area contributed by atoms with Crippen LogP contribution in [0.4, 0.5) is 5.82 Å². The summed E-state index contributed by atoms with van der Waals surface area (Å²) in [5.41, 5.74) is 12.6. The molecule has 1 amide bonds. The third kappa shape index (κ3) is 2.52. The Labute approximate surface area is 120 Å². The summed E-state index contributed by atoms with van der Waals surface area (Å²) in [7, 11) is 3.87. The van der Waals surface area contributed by atoms with E-state index < -0.39 is 5.91 Å². The molecule has 1 aliphatic rings. The molecule has 1 saturated carbocycles. The maximum absolute atomic E-state index is 11.7. The Hall–Kier alpha value is -1.56. The van der Waals surface area contributed by atoms with Crippen LogP contribution >= 0.6 is 0 Å². The number of hydrogen-bond donors (Lipinski definition) is 2. The highest BCUT2D eigenvalue weighted by Crippen LogP contribution is 2.32. The number of aromatic nitrogens is 2. The van der Waals surface area contributed by atoms with Crippen molar-refractivity contribution in [2.75, 3.05) is 18.5 Å². The Balaban J connectivity index is 2.37. The number of amides is 1. The van der Waals surface area contributed by atoms with Crippen LogP contribution in [-0.4, -0.2) is 35.3 Å². The second kappa shape index (κ2) is 5.83. The second-order valence-electron chi connectivity index (χ2n) is 5.73. The summed E-state index contributed by atoms with van der Waals surface area (Å²) in [4.78, 5) is 13.9. The average Bonchev–Trinajstić information content (AvgIpc) is 2.72. The maximum Gasteiger partial charge on any atom is 0.254 e. The Bertz CT molecular complexity index is 496. The van der Waals surface area contributed by atoms with Gasteiger partial charge in [0.05, 0.1) is 5.69 Å². The lowest BCUT2D eigenvalue weighted by Crippen LogP contribution is -2.44. The smallest absolute Gasteiger partial charge is 0.254 e. The monoisotopic (exact) mass is 279 g/mol. The van der Waals surface area contributed by atoms with Gasteiger partial charge in [-0.2, -0.15) is 5.10 Å². The first-order valence-electron chi connectivity index (χ1n) is 7.23. The molecule has 1 heterocycles. The normalized spacial score (nSPS) is 22.8. The van der Waals surface area contributed by atoms with Crippen molar-refractivity contribution in [3.05, 3.63) is 11.3 Å². The molecule has 1 fully saturated rings. The van der Waals surface area contributed by atoms with Crippen molar-refractivity contribution >= 4 is 11.7 Å². The topological polar surface area (TPSA) is 90.2 Å². The Morgan fingerprint density at radius 1 is 1.45 bits per heavy atom. The average molecular weight is 279 g/mol. The van der Waals surface area contributed by atoms with Crippen LogP contribution in [0.25, 0.3) is 0 Å². The van der Waals surface area contributed by atoms with E-state index in [-0.39, 0.29) is 0 Å². The van der Waals surface area contributed by atoms with Crippen LogP contribution in [-0.2, 0) is 7.05 Å². The number of hydrogen-bond acceptors (Lipinski definition) is 4. The van der Waals surface area contributed by atoms with Crippen LogP contribution in [0.1, 0.15) is 41.7 Å². The number of aryl methyl sites for hydroxylation is 2. The van der Waals surface area contributed by atoms with E-state index in [4.69, 9.17) is 11.5 Å². The molecule has 112 valence electrons. The van der Waals surface area contributed by atoms with Crippen LogP contribution in [0, 0.1) is 12.8 Å². The minimum atomic E-state index is -0.419. The third-order valence-electron chi connectivity index (χ3n) is 4.44. The van der Waals surface area contributed by atoms with Crippen molar-refractivity contribution in [2.24, 2.45) is 24.4 Å². The molecule has 2 atom stereocenters. The summed E-state index contributed by atoms with van der Waals surface area (Å²) in [5.74, 6) is 0.850. The van der Waals surface area contributed by atoms with Gasteiger partial charge in [0.1, 0.15) is 11.4 Å². The summed E-state index contributed by atoms with van der Waals surface area (Å²) in [6.45, 7) is 2.50. The van der Waals surface area contributed by atoms with Gasteiger partial charge in [-0.15, -0.1) is 0 Å². The quantitative estimate of drug-likeness (QED) is 0.852. The zero-order chi connectivity index (χ0) is 14.9. The molecular formula is C14H25N5O. The van der Waals surface area contributed by atoms with E-state index in [9.17, 15) is 4.79 Å². The van der Waals surface area contributed by atoms with Crippen molar-refractivity contribution in [1.29, 1.82) is 0 Å². The predicted octanol–water partition coefficient (Wildman–Crippen LogP) is 0.781. The third-order valence-corrected chi connectivity index (χ3v) is 4.44. The summed E-state index contributed by atoms with van der Waals surface area (Å²) >= 11 is 0. The minimum Gasteiger partial charge on any atom is -0.365 e. The first kappa shape index (κ1) is 14.8. The van der Waals surface area contributed by atoms with E-state index in [1.54, 1.807) is 4.68 Å². The molecule has 20 heavy (non-hydrogen) atoms. The Morgan fingerprint density at radius 2 is 2.10 bits per heavy atom. The van der Waals surface area contributed by atoms with Crippen molar-refractivity contribution in [3.63, 3.8) is 0 Å². The molecule has 6 nitrogen and oxygen atoms in total. The van der Waals surface area contributed by atoms with Crippen LogP contribution in [0.3, 0.4) is 0 Å². The molecular weight excluding hydrogens is 254 g/mol. The lowest BCUT2D eigenvalue weighted by atomic mass is 9.83. The Kier molecular flexibility index (Phi) is 4.32. The van der Waals surface area contributed by atoms with Gasteiger partial charge in [0.25, 0.3) is 5.91 Å². The minimum absolute atomic E-state index is 0.349. The molecule has 1 aromatic heterocycles. The van der Waals surface area contributed by atoms with Gasteiger partial charge in [0.2, 0.25) is 0 Å². The highest BCUT2D eigenvalue weighted by Gasteiger charge is 2.31. The first-order chi connectivity index (χ1) is 9.47. The van der Waals surface area contributed by atoms with Crippen molar-refractivity contribution in [3.8, 4) is 0 Å². The molecule has 4 N–H and O–H groups in total. The molecule has 2 unspecified atom stereocenters. The van der Waals surface area contributed by atoms with Gasteiger partial charge in [-0.05, 0) is 32.2 Å². The van der Waals surface area contributed by atoms with E-state index in [0.29, 0.717) is 29.8 Å². The van der Waals surface area contributed by atoms with Crippen molar-refractivity contribution < 1.29 is 4.79 Å². The van der Waals surface area contributed by atoms with Gasteiger partial charge in [-0.3, -0.25) is 9.48 Å². The molecule has 2 rings (SSSR count). The van der Waals surface area contributed by atoms with Crippen molar-refractivity contribution in [2.45, 2.75) is 38.6 Å². The molecule has 0 radical (unpaired) electrons. The summed E-state index contributed by atoms with van der Waals surface area (Å²) in [6, 6.07) is 0.349. The molecule has 0 saturated heterocycles. The largest absolute Gasteiger partial charge is 0.365 e. The van der Waals surface area contributed by atoms with Gasteiger partial charge in [-0.25, -0.2) is 0 Å². The fourth-order valence-electron chi connectivity index (χ4n) is 3.47. The summed E-state index contributed by atoms with van der Waals surface area (Å²) < 4.78 is 1.75. The number of primary amides is 1. The van der Waals surface area contributed by atoms with Gasteiger partial charge in [-0.1, -0.05) is 12.8 Å². The fourth-order valence-corrected chi connectivity index (χ4v) is 3.47. The summed E-state index contributed by atoms with van der Waals surface area (Å²) in [6.07, 6.45) is 4.68. The molecule has 1 aliphatic carbocycles. The van der Waals surface area contributed by atoms with E-state index in [1.807, 2.05) is 21.0 Å². The number of nitrogens with two attached hydrogens (primary N) is 2. The molecule has 0 aromatic carbocycles. The molecule has 0 spiro atoms. The highest BCUT2D eigenvalue weighted by atomic mass is 16.1. The SMILES string of the molecule is Cc1nn(C)c(N(C)C2CCCCC2CN)c1C(N)=O. The fraction of sp³-hybridized carbons (Fsp3) is 0.714. The van der Waals surface area contributed by atoms with Gasteiger partial charge in [0.15, 0.2) is 0 Å². The number of nitrogens with zero attached hydrogens (tertiary/aromatic N) is 3. The van der Waals surface area contributed by atoms with E-state index in [2.05, 4.69) is 10.00 Å². The van der Waals surface area contributed by atoms with Crippen LogP contribution in [0.5, 0.6) is 0 Å². The lowest BCUT2D eigenvalue weighted by Gasteiger charge is -2.38. The highest BCUT2D eigenvalue weighted by molar-refractivity contribution is 5.99. The number of carbonyl (C=O) groups excluding carboxylic acids is 1. The zero-order valence-corrected chi connectivity index (χ0v) is 12.6. The van der Waals surface area contributed by atoms with E-state index >= 15 is 0 Å². The van der Waals surface area contributed by atoms with E-state index in [0.717, 1.165) is 18.7 Å². The molecule has 0 bridgehead atoms.